The van der Waals surface area contributed by atoms with Crippen molar-refractivity contribution in [1.82, 2.24) is 25.3 Å². The fourth-order valence-corrected chi connectivity index (χ4v) is 7.95. The molecule has 1 spiro atoms. The molecule has 226 valence electrons. The van der Waals surface area contributed by atoms with Crippen LogP contribution in [0, 0.1) is 17.2 Å². The smallest absolute Gasteiger partial charge is 0.246 e. The number of benzene rings is 1. The van der Waals surface area contributed by atoms with E-state index in [0.717, 1.165) is 36.9 Å². The molecule has 42 heavy (non-hydrogen) atoms. The quantitative estimate of drug-likeness (QED) is 0.477. The number of ether oxygens (including phenoxy) is 2. The van der Waals surface area contributed by atoms with Crippen molar-refractivity contribution in [1.29, 1.82) is 5.26 Å². The van der Waals surface area contributed by atoms with E-state index in [1.54, 1.807) is 4.90 Å². The van der Waals surface area contributed by atoms with Crippen LogP contribution >= 0.6 is 11.6 Å². The average Bonchev–Trinajstić information content (AvgIpc) is 3.42. The van der Waals surface area contributed by atoms with E-state index in [-0.39, 0.29) is 36.2 Å². The van der Waals surface area contributed by atoms with E-state index in [4.69, 9.17) is 21.1 Å². The summed E-state index contributed by atoms with van der Waals surface area (Å²) in [6, 6.07) is 7.69. The zero-order valence-corrected chi connectivity index (χ0v) is 25.0. The lowest BCUT2D eigenvalue weighted by atomic mass is 9.68. The number of amides is 1. The van der Waals surface area contributed by atoms with Crippen molar-refractivity contribution in [2.75, 3.05) is 39.8 Å². The van der Waals surface area contributed by atoms with Crippen LogP contribution in [0.2, 0.25) is 5.02 Å². The lowest BCUT2D eigenvalue weighted by Gasteiger charge is -2.55. The lowest BCUT2D eigenvalue weighted by molar-refractivity contribution is -0.173. The number of carbonyl (C=O) groups is 2. The molecule has 11 heteroatoms. The normalized spacial score (nSPS) is 35.5. The Kier molecular flexibility index (Phi) is 8.72. The topological polar surface area (TPSA) is 110 Å². The van der Waals surface area contributed by atoms with Crippen molar-refractivity contribution in [3.05, 3.63) is 47.0 Å². The standard InChI is InChI=1S/C31H41ClN6O4/c1-3-26(39)38-15-14-37(17-21(38)10-12-33)29-23-9-11-31(16-24-20(18-42-31)6-4-8-25(24)32)28(40)27(23)34-30(35-29)41-19-22-7-5-13-36(22)2/h3-4,6,8,21-23,27,29-30,34-35H,1,5,7,9-11,13-19H2,2H3/t21?,22?,23?,27?,29?,30?,31-/m1/s1. The molecular formula is C31H41ClN6O4. The zero-order valence-electron chi connectivity index (χ0n) is 24.3. The van der Waals surface area contributed by atoms with Gasteiger partial charge in [-0.1, -0.05) is 30.3 Å². The number of nitrogens with one attached hydrogen (secondary N) is 2. The number of likely N-dealkylation sites (tertiary alicyclic amines) is 1. The first kappa shape index (κ1) is 29.7. The zero-order chi connectivity index (χ0) is 29.4. The monoisotopic (exact) mass is 596 g/mol. The van der Waals surface area contributed by atoms with E-state index in [1.807, 2.05) is 18.2 Å². The van der Waals surface area contributed by atoms with Crippen LogP contribution in [0.4, 0.5) is 0 Å². The Morgan fingerprint density at radius 3 is 2.90 bits per heavy atom. The Hall–Kier alpha value is -2.36. The summed E-state index contributed by atoms with van der Waals surface area (Å²) in [5.74, 6) is -0.134. The number of nitrogens with zero attached hydrogens (tertiary/aromatic N) is 4. The molecule has 6 rings (SSSR count). The first-order chi connectivity index (χ1) is 20.3. The molecule has 1 aromatic rings. The second kappa shape index (κ2) is 12.3. The van der Waals surface area contributed by atoms with Crippen molar-refractivity contribution in [2.24, 2.45) is 5.92 Å². The van der Waals surface area contributed by atoms with E-state index in [2.05, 4.69) is 40.1 Å². The molecule has 5 aliphatic rings. The van der Waals surface area contributed by atoms with E-state index >= 15 is 0 Å². The molecule has 2 N–H and O–H groups in total. The van der Waals surface area contributed by atoms with Crippen molar-refractivity contribution in [2.45, 2.75) is 81.4 Å². The molecule has 4 heterocycles. The van der Waals surface area contributed by atoms with Crippen LogP contribution in [0.5, 0.6) is 0 Å². The van der Waals surface area contributed by atoms with Gasteiger partial charge in [-0.25, -0.2) is 0 Å². The van der Waals surface area contributed by atoms with Gasteiger partial charge in [0.1, 0.15) is 5.60 Å². The third-order valence-corrected chi connectivity index (χ3v) is 10.5. The summed E-state index contributed by atoms with van der Waals surface area (Å²) < 4.78 is 12.8. The predicted octanol–water partition coefficient (Wildman–Crippen LogP) is 2.02. The van der Waals surface area contributed by atoms with Crippen LogP contribution in [0.15, 0.2) is 30.9 Å². The summed E-state index contributed by atoms with van der Waals surface area (Å²) in [6.45, 7) is 7.28. The Labute approximate surface area is 252 Å². The number of ketones is 1. The SMILES string of the molecule is C=CC(=O)N1CCN(C2NC(OCC3CCCN3C)NC3C(=O)[C@@]4(CCC32)Cc2c(Cl)cccc2CO4)CC1CC#N. The van der Waals surface area contributed by atoms with Crippen LogP contribution < -0.4 is 10.6 Å². The molecule has 6 unspecified atom stereocenters. The average molecular weight is 597 g/mol. The second-order valence-corrected chi connectivity index (χ2v) is 12.8. The van der Waals surface area contributed by atoms with Gasteiger partial charge < -0.3 is 19.3 Å². The van der Waals surface area contributed by atoms with Gasteiger partial charge in [-0.05, 0) is 62.5 Å². The minimum atomic E-state index is -0.928. The highest BCUT2D eigenvalue weighted by molar-refractivity contribution is 6.31. The molecule has 10 nitrogen and oxygen atoms in total. The third-order valence-electron chi connectivity index (χ3n) is 10.1. The van der Waals surface area contributed by atoms with Crippen LogP contribution in [-0.4, -0.2) is 102 Å². The van der Waals surface area contributed by atoms with Gasteiger partial charge in [0.2, 0.25) is 5.91 Å². The van der Waals surface area contributed by atoms with Gasteiger partial charge in [-0.2, -0.15) is 5.26 Å². The van der Waals surface area contributed by atoms with Crippen LogP contribution in [0.1, 0.15) is 43.2 Å². The number of piperazine rings is 1. The first-order valence-corrected chi connectivity index (χ1v) is 15.5. The largest absolute Gasteiger partial charge is 0.362 e. The van der Waals surface area contributed by atoms with Crippen LogP contribution in [-0.2, 0) is 32.1 Å². The highest BCUT2D eigenvalue weighted by Gasteiger charge is 2.56. The molecule has 1 aromatic carbocycles. The van der Waals surface area contributed by atoms with Gasteiger partial charge >= 0.3 is 0 Å². The lowest BCUT2D eigenvalue weighted by Crippen LogP contribution is -2.75. The molecule has 7 atom stereocenters. The van der Waals surface area contributed by atoms with Gasteiger partial charge in [-0.15, -0.1) is 0 Å². The van der Waals surface area contributed by atoms with Gasteiger partial charge in [0.15, 0.2) is 12.1 Å². The molecule has 1 aliphatic carbocycles. The van der Waals surface area contributed by atoms with Crippen LogP contribution in [0.25, 0.3) is 0 Å². The number of hydrogen-bond donors (Lipinski definition) is 2. The maximum Gasteiger partial charge on any atom is 0.246 e. The number of rotatable bonds is 6. The van der Waals surface area contributed by atoms with Gasteiger partial charge in [-0.3, -0.25) is 25.1 Å². The van der Waals surface area contributed by atoms with Crippen LogP contribution in [0.3, 0.4) is 0 Å². The third kappa shape index (κ3) is 5.52. The molecule has 3 saturated heterocycles. The maximum absolute atomic E-state index is 14.4. The molecule has 0 radical (unpaired) electrons. The molecular weight excluding hydrogens is 556 g/mol. The summed E-state index contributed by atoms with van der Waals surface area (Å²) in [5.41, 5.74) is 1.11. The van der Waals surface area contributed by atoms with Gasteiger partial charge in [0, 0.05) is 43.0 Å². The van der Waals surface area contributed by atoms with Crippen molar-refractivity contribution in [3.63, 3.8) is 0 Å². The summed E-state index contributed by atoms with van der Waals surface area (Å²) in [7, 11) is 2.12. The number of nitriles is 1. The second-order valence-electron chi connectivity index (χ2n) is 12.4. The Bertz CT molecular complexity index is 1260. The molecule has 1 amide bonds. The predicted molar refractivity (Wildman–Crippen MR) is 157 cm³/mol. The Morgan fingerprint density at radius 2 is 2.14 bits per heavy atom. The van der Waals surface area contributed by atoms with Crippen molar-refractivity contribution < 1.29 is 19.1 Å². The number of hydrogen-bond acceptors (Lipinski definition) is 9. The highest BCUT2D eigenvalue weighted by Crippen LogP contribution is 2.43. The highest BCUT2D eigenvalue weighted by atomic mass is 35.5. The minimum absolute atomic E-state index is 0.0298. The molecule has 0 bridgehead atoms. The number of likely N-dealkylation sites (N-methyl/N-ethyl adjacent to an activating group) is 1. The van der Waals surface area contributed by atoms with Gasteiger partial charge in [0.25, 0.3) is 0 Å². The number of fused-ring (bicyclic) bond motifs is 2. The molecule has 0 aromatic heterocycles. The number of halogens is 1. The fourth-order valence-electron chi connectivity index (χ4n) is 7.69. The summed E-state index contributed by atoms with van der Waals surface area (Å²) >= 11 is 6.60. The summed E-state index contributed by atoms with van der Waals surface area (Å²) in [5, 5.41) is 17.4. The Morgan fingerprint density at radius 1 is 1.29 bits per heavy atom. The molecule has 4 fully saturated rings. The minimum Gasteiger partial charge on any atom is -0.362 e. The van der Waals surface area contributed by atoms with E-state index in [1.165, 1.54) is 6.08 Å². The first-order valence-electron chi connectivity index (χ1n) is 15.2. The van der Waals surface area contributed by atoms with Crippen molar-refractivity contribution in [3.8, 4) is 6.07 Å². The van der Waals surface area contributed by atoms with Crippen molar-refractivity contribution >= 4 is 23.3 Å². The number of Topliss-reactive ketones (excluding diaryl/α,β-unsaturated/α-hetero) is 1. The van der Waals surface area contributed by atoms with E-state index < -0.39 is 18.0 Å². The summed E-state index contributed by atoms with van der Waals surface area (Å²) in [4.78, 5) is 33.3. The molecule has 4 aliphatic heterocycles. The molecule has 1 saturated carbocycles. The Balaban J connectivity index is 1.25. The van der Waals surface area contributed by atoms with E-state index in [0.29, 0.717) is 56.8 Å². The van der Waals surface area contributed by atoms with Gasteiger partial charge in [0.05, 0.1) is 44.0 Å². The fraction of sp³-hybridized carbons (Fsp3) is 0.645. The maximum atomic E-state index is 14.4. The summed E-state index contributed by atoms with van der Waals surface area (Å²) in [6.07, 6.45) is 4.95. The number of carbonyl (C=O) groups excluding carboxylic acids is 2. The van der Waals surface area contributed by atoms with E-state index in [9.17, 15) is 14.9 Å².